The second-order valence-electron chi connectivity index (χ2n) is 4.51. The molecule has 1 rings (SSSR count). The molecule has 1 aromatic carbocycles. The van der Waals surface area contributed by atoms with E-state index in [9.17, 15) is 9.18 Å². The molecule has 0 bridgehead atoms. The van der Waals surface area contributed by atoms with E-state index in [1.807, 2.05) is 13.8 Å². The number of rotatable bonds is 5. The lowest BCUT2D eigenvalue weighted by molar-refractivity contribution is -0.123. The van der Waals surface area contributed by atoms with Crippen molar-refractivity contribution >= 4 is 5.91 Å². The monoisotopic (exact) mass is 240 g/mol. The van der Waals surface area contributed by atoms with E-state index in [-0.39, 0.29) is 18.3 Å². The van der Waals surface area contributed by atoms with Gasteiger partial charge in [-0.2, -0.15) is 0 Å². The first-order valence-corrected chi connectivity index (χ1v) is 5.31. The van der Waals surface area contributed by atoms with E-state index in [1.165, 1.54) is 24.3 Å². The zero-order valence-electron chi connectivity index (χ0n) is 10.00. The molecule has 0 saturated carbocycles. The summed E-state index contributed by atoms with van der Waals surface area (Å²) in [4.78, 5) is 11.4. The fraction of sp³-hybridized carbons (Fsp3) is 0.417. The van der Waals surface area contributed by atoms with Crippen molar-refractivity contribution in [2.75, 3.05) is 13.2 Å². The highest BCUT2D eigenvalue weighted by Crippen LogP contribution is 2.10. The van der Waals surface area contributed by atoms with E-state index >= 15 is 0 Å². The smallest absolute Gasteiger partial charge is 0.258 e. The normalized spacial score (nSPS) is 11.1. The Kier molecular flexibility index (Phi) is 4.45. The molecule has 17 heavy (non-hydrogen) atoms. The van der Waals surface area contributed by atoms with Crippen molar-refractivity contribution in [2.24, 2.45) is 5.73 Å². The second kappa shape index (κ2) is 5.63. The molecule has 0 spiro atoms. The van der Waals surface area contributed by atoms with E-state index in [0.29, 0.717) is 12.3 Å². The van der Waals surface area contributed by atoms with Gasteiger partial charge in [0.15, 0.2) is 6.61 Å². The summed E-state index contributed by atoms with van der Waals surface area (Å²) >= 11 is 0. The van der Waals surface area contributed by atoms with Crippen LogP contribution in [-0.4, -0.2) is 24.6 Å². The number of nitrogens with two attached hydrogens (primary N) is 1. The lowest BCUT2D eigenvalue weighted by atomic mass is 10.1. The Morgan fingerprint density at radius 1 is 1.41 bits per heavy atom. The van der Waals surface area contributed by atoms with Crippen LogP contribution in [0.3, 0.4) is 0 Å². The van der Waals surface area contributed by atoms with Gasteiger partial charge < -0.3 is 15.8 Å². The predicted molar refractivity (Wildman–Crippen MR) is 63.2 cm³/mol. The molecule has 94 valence electrons. The molecule has 0 radical (unpaired) electrons. The van der Waals surface area contributed by atoms with Crippen LogP contribution >= 0.6 is 0 Å². The fourth-order valence-electron chi connectivity index (χ4n) is 1.06. The van der Waals surface area contributed by atoms with Gasteiger partial charge in [-0.05, 0) is 38.1 Å². The minimum atomic E-state index is -0.453. The molecular weight excluding hydrogens is 223 g/mol. The topological polar surface area (TPSA) is 64.3 Å². The van der Waals surface area contributed by atoms with E-state index in [4.69, 9.17) is 10.5 Å². The zero-order valence-corrected chi connectivity index (χ0v) is 10.00. The molecule has 5 heteroatoms. The van der Waals surface area contributed by atoms with Gasteiger partial charge in [-0.1, -0.05) is 0 Å². The van der Waals surface area contributed by atoms with Crippen molar-refractivity contribution in [3.63, 3.8) is 0 Å². The highest BCUT2D eigenvalue weighted by Gasteiger charge is 2.12. The summed E-state index contributed by atoms with van der Waals surface area (Å²) in [6.07, 6.45) is 0. The molecule has 0 fully saturated rings. The molecule has 0 atom stereocenters. The molecule has 0 aliphatic heterocycles. The third-order valence-electron chi connectivity index (χ3n) is 1.92. The first-order chi connectivity index (χ1) is 7.87. The standard InChI is InChI=1S/C12H17FN2O2/c1-12(2,14)8-15-11(16)7-17-10-5-3-9(13)4-6-10/h3-6H,7-8,14H2,1-2H3,(H,15,16). The van der Waals surface area contributed by atoms with Crippen LogP contribution in [0.2, 0.25) is 0 Å². The van der Waals surface area contributed by atoms with E-state index in [0.717, 1.165) is 0 Å². The maximum Gasteiger partial charge on any atom is 0.258 e. The van der Waals surface area contributed by atoms with Gasteiger partial charge >= 0.3 is 0 Å². The van der Waals surface area contributed by atoms with Gasteiger partial charge in [0.2, 0.25) is 0 Å². The molecule has 0 unspecified atom stereocenters. The molecule has 0 heterocycles. The lowest BCUT2D eigenvalue weighted by Crippen LogP contribution is -2.46. The van der Waals surface area contributed by atoms with Crippen LogP contribution < -0.4 is 15.8 Å². The van der Waals surface area contributed by atoms with E-state index in [1.54, 1.807) is 0 Å². The van der Waals surface area contributed by atoms with Crippen LogP contribution in [0.5, 0.6) is 5.75 Å². The SMILES string of the molecule is CC(C)(N)CNC(=O)COc1ccc(F)cc1. The summed E-state index contributed by atoms with van der Waals surface area (Å²) in [5.41, 5.74) is 5.26. The first-order valence-electron chi connectivity index (χ1n) is 5.31. The van der Waals surface area contributed by atoms with Crippen molar-refractivity contribution in [1.29, 1.82) is 0 Å². The minimum absolute atomic E-state index is 0.109. The molecule has 0 aromatic heterocycles. The number of amides is 1. The zero-order chi connectivity index (χ0) is 12.9. The fourth-order valence-corrected chi connectivity index (χ4v) is 1.06. The van der Waals surface area contributed by atoms with Crippen molar-refractivity contribution in [3.8, 4) is 5.75 Å². The molecule has 3 N–H and O–H groups in total. The summed E-state index contributed by atoms with van der Waals surface area (Å²) in [6, 6.07) is 5.48. The Bertz CT molecular complexity index is 371. The predicted octanol–water partition coefficient (Wildman–Crippen LogP) is 1.06. The third kappa shape index (κ3) is 5.87. The average Bonchev–Trinajstić information content (AvgIpc) is 2.25. The minimum Gasteiger partial charge on any atom is -0.484 e. The third-order valence-corrected chi connectivity index (χ3v) is 1.92. The number of nitrogens with one attached hydrogen (secondary N) is 1. The van der Waals surface area contributed by atoms with Gasteiger partial charge in [-0.3, -0.25) is 4.79 Å². The van der Waals surface area contributed by atoms with Crippen LogP contribution in [-0.2, 0) is 4.79 Å². The Morgan fingerprint density at radius 2 is 2.00 bits per heavy atom. The Labute approximate surface area is 100.0 Å². The summed E-state index contributed by atoms with van der Waals surface area (Å²) in [6.45, 7) is 3.89. The van der Waals surface area contributed by atoms with Gasteiger partial charge in [0.25, 0.3) is 5.91 Å². The van der Waals surface area contributed by atoms with Crippen LogP contribution in [0.15, 0.2) is 24.3 Å². The van der Waals surface area contributed by atoms with Crippen LogP contribution in [0, 0.1) is 5.82 Å². The van der Waals surface area contributed by atoms with Crippen LogP contribution in [0.4, 0.5) is 4.39 Å². The molecule has 4 nitrogen and oxygen atoms in total. The summed E-state index contributed by atoms with van der Waals surface area (Å²) in [5.74, 6) is -0.145. The number of ether oxygens (including phenoxy) is 1. The number of benzene rings is 1. The molecule has 1 amide bonds. The lowest BCUT2D eigenvalue weighted by Gasteiger charge is -2.18. The van der Waals surface area contributed by atoms with Crippen molar-refractivity contribution in [2.45, 2.75) is 19.4 Å². The number of hydrogen-bond donors (Lipinski definition) is 2. The molecule has 1 aromatic rings. The Balaban J connectivity index is 2.31. The van der Waals surface area contributed by atoms with Gasteiger partial charge in [0.05, 0.1) is 0 Å². The highest BCUT2D eigenvalue weighted by atomic mass is 19.1. The van der Waals surface area contributed by atoms with Crippen molar-refractivity contribution in [1.82, 2.24) is 5.32 Å². The number of carbonyl (C=O) groups is 1. The highest BCUT2D eigenvalue weighted by molar-refractivity contribution is 5.77. The quantitative estimate of drug-likeness (QED) is 0.808. The summed E-state index contributed by atoms with van der Waals surface area (Å²) < 4.78 is 17.8. The molecule has 0 aliphatic carbocycles. The molecular formula is C12H17FN2O2. The van der Waals surface area contributed by atoms with Crippen molar-refractivity contribution < 1.29 is 13.9 Å². The summed E-state index contributed by atoms with van der Waals surface area (Å²) in [7, 11) is 0. The summed E-state index contributed by atoms with van der Waals surface area (Å²) in [5, 5.41) is 2.64. The number of carbonyl (C=O) groups excluding carboxylic acids is 1. The van der Waals surface area contributed by atoms with Crippen LogP contribution in [0.25, 0.3) is 0 Å². The average molecular weight is 240 g/mol. The van der Waals surface area contributed by atoms with E-state index < -0.39 is 5.54 Å². The van der Waals surface area contributed by atoms with Gasteiger partial charge in [-0.15, -0.1) is 0 Å². The maximum atomic E-state index is 12.6. The largest absolute Gasteiger partial charge is 0.484 e. The van der Waals surface area contributed by atoms with Crippen LogP contribution in [0.1, 0.15) is 13.8 Å². The Morgan fingerprint density at radius 3 is 2.53 bits per heavy atom. The molecule has 0 saturated heterocycles. The van der Waals surface area contributed by atoms with Gasteiger partial charge in [0, 0.05) is 12.1 Å². The Hall–Kier alpha value is -1.62. The van der Waals surface area contributed by atoms with Gasteiger partial charge in [-0.25, -0.2) is 4.39 Å². The second-order valence-corrected chi connectivity index (χ2v) is 4.51. The maximum absolute atomic E-state index is 12.6. The number of hydrogen-bond acceptors (Lipinski definition) is 3. The molecule has 0 aliphatic rings. The van der Waals surface area contributed by atoms with Crippen molar-refractivity contribution in [3.05, 3.63) is 30.1 Å². The first kappa shape index (κ1) is 13.4. The van der Waals surface area contributed by atoms with Gasteiger partial charge in [0.1, 0.15) is 11.6 Å². The van der Waals surface area contributed by atoms with E-state index in [2.05, 4.69) is 5.32 Å². The number of halogens is 1.